The van der Waals surface area contributed by atoms with Crippen LogP contribution in [0.25, 0.3) is 11.2 Å². The molecule has 1 aliphatic carbocycles. The normalized spacial score (nSPS) is 22.9. The first-order chi connectivity index (χ1) is 14.2. The van der Waals surface area contributed by atoms with Crippen molar-refractivity contribution in [3.05, 3.63) is 21.8 Å². The van der Waals surface area contributed by atoms with Gasteiger partial charge in [-0.1, -0.05) is 18.7 Å². The van der Waals surface area contributed by atoms with Crippen molar-refractivity contribution >= 4 is 55.2 Å². The highest BCUT2D eigenvalue weighted by molar-refractivity contribution is 8.23. The molecule has 1 fully saturated rings. The van der Waals surface area contributed by atoms with Crippen molar-refractivity contribution in [1.82, 2.24) is 19.5 Å². The molecule has 0 saturated heterocycles. The molecule has 1 aliphatic heterocycles. The van der Waals surface area contributed by atoms with Gasteiger partial charge in [0.15, 0.2) is 21.3 Å². The van der Waals surface area contributed by atoms with Gasteiger partial charge in [0.25, 0.3) is 5.56 Å². The lowest BCUT2D eigenvalue weighted by Crippen LogP contribution is -2.30. The summed E-state index contributed by atoms with van der Waals surface area (Å²) >= 11 is 7.18. The smallest absolute Gasteiger partial charge is 0.295 e. The number of aliphatic imine (C=N–C) groups is 1. The molecule has 0 spiro atoms. The Bertz CT molecular complexity index is 1180. The number of rotatable bonds is 7. The number of fused-ring (bicyclic) bond motifs is 1. The van der Waals surface area contributed by atoms with Crippen LogP contribution in [-0.4, -0.2) is 55.9 Å². The van der Waals surface area contributed by atoms with Crippen LogP contribution in [0, 0.1) is 5.92 Å². The first-order valence-corrected chi connectivity index (χ1v) is 12.8. The van der Waals surface area contributed by atoms with Crippen molar-refractivity contribution in [2.24, 2.45) is 10.9 Å². The Morgan fingerprint density at radius 1 is 1.37 bits per heavy atom. The zero-order valence-electron chi connectivity index (χ0n) is 16.9. The number of halogens is 1. The summed E-state index contributed by atoms with van der Waals surface area (Å²) in [6.07, 6.45) is 3.63. The number of hydrogen-bond donors (Lipinski definition) is 1. The molecule has 3 heterocycles. The van der Waals surface area contributed by atoms with E-state index in [4.69, 9.17) is 11.6 Å². The fourth-order valence-corrected chi connectivity index (χ4v) is 6.95. The number of aromatic nitrogens is 4. The van der Waals surface area contributed by atoms with Crippen LogP contribution in [0.5, 0.6) is 0 Å². The second-order valence-electron chi connectivity index (χ2n) is 7.62. The first-order valence-electron chi connectivity index (χ1n) is 9.84. The van der Waals surface area contributed by atoms with Crippen molar-refractivity contribution in [3.8, 4) is 0 Å². The van der Waals surface area contributed by atoms with E-state index in [1.54, 1.807) is 18.4 Å². The van der Waals surface area contributed by atoms with Crippen molar-refractivity contribution in [2.75, 3.05) is 17.6 Å². The summed E-state index contributed by atoms with van der Waals surface area (Å²) in [6, 6.07) is -0.366. The molecule has 162 valence electrons. The topological polar surface area (TPSA) is 119 Å². The van der Waals surface area contributed by atoms with Gasteiger partial charge in [0, 0.05) is 11.8 Å². The molecule has 0 radical (unpaired) electrons. The largest absolute Gasteiger partial charge is 0.359 e. The number of hydrogen-bond acceptors (Lipinski definition) is 9. The highest BCUT2D eigenvalue weighted by Gasteiger charge is 2.36. The number of nitrogens with one attached hydrogen (secondary N) is 1. The van der Waals surface area contributed by atoms with Crippen LogP contribution in [0.3, 0.4) is 0 Å². The van der Waals surface area contributed by atoms with Gasteiger partial charge in [-0.05, 0) is 44.2 Å². The minimum atomic E-state index is -3.21. The van der Waals surface area contributed by atoms with Crippen molar-refractivity contribution in [2.45, 2.75) is 50.3 Å². The van der Waals surface area contributed by atoms with E-state index in [-0.39, 0.29) is 41.0 Å². The van der Waals surface area contributed by atoms with Crippen LogP contribution in [0.1, 0.15) is 39.7 Å². The summed E-state index contributed by atoms with van der Waals surface area (Å²) in [5.41, 5.74) is 0.598. The predicted octanol–water partition coefficient (Wildman–Crippen LogP) is 2.52. The lowest BCUT2D eigenvalue weighted by atomic mass is 10.2. The van der Waals surface area contributed by atoms with Gasteiger partial charge in [-0.2, -0.15) is 4.98 Å². The average Bonchev–Trinajstić information content (AvgIpc) is 3.48. The summed E-state index contributed by atoms with van der Waals surface area (Å²) < 4.78 is 25.5. The van der Waals surface area contributed by atoms with Crippen LogP contribution < -0.4 is 10.9 Å². The standard InChI is InChI=1S/C18H23ClN6O3S2/c1-4-30(27,28)17-9(2)22-13(29-17)8-20-14-16(26)25(10(3)11-5-6-11)15-12(23-14)7-21-18(19)24-15/h7,9-11,17H,4-6,8H2,1-3H3,(H,20,23)/t9?,10-,17?/m0/s1. The maximum absolute atomic E-state index is 13.2. The molecule has 1 saturated carbocycles. The van der Waals surface area contributed by atoms with Gasteiger partial charge in [-0.3, -0.25) is 14.4 Å². The van der Waals surface area contributed by atoms with Crippen LogP contribution >= 0.6 is 23.4 Å². The van der Waals surface area contributed by atoms with Crippen LogP contribution in [0.4, 0.5) is 5.82 Å². The third-order valence-corrected chi connectivity index (χ3v) is 9.88. The summed E-state index contributed by atoms with van der Waals surface area (Å²) in [5, 5.41) is 3.75. The molecule has 0 aromatic carbocycles. The minimum absolute atomic E-state index is 0.0354. The molecule has 3 atom stereocenters. The monoisotopic (exact) mass is 470 g/mol. The Hall–Kier alpha value is -1.72. The number of anilines is 1. The molecule has 2 aliphatic rings. The summed E-state index contributed by atoms with van der Waals surface area (Å²) in [6.45, 7) is 5.65. The third-order valence-electron chi connectivity index (χ3n) is 5.47. The molecule has 4 rings (SSSR count). The average molecular weight is 471 g/mol. The summed E-state index contributed by atoms with van der Waals surface area (Å²) in [5.74, 6) is 0.660. The van der Waals surface area contributed by atoms with E-state index >= 15 is 0 Å². The van der Waals surface area contributed by atoms with E-state index in [0.29, 0.717) is 22.1 Å². The fourth-order valence-electron chi connectivity index (χ4n) is 3.60. The molecule has 1 N–H and O–H groups in total. The van der Waals surface area contributed by atoms with E-state index in [9.17, 15) is 13.2 Å². The van der Waals surface area contributed by atoms with Gasteiger partial charge >= 0.3 is 0 Å². The van der Waals surface area contributed by atoms with Gasteiger partial charge in [0.05, 0.1) is 23.8 Å². The molecule has 0 amide bonds. The first kappa shape index (κ1) is 21.5. The Balaban J connectivity index is 1.62. The molecule has 0 bridgehead atoms. The minimum Gasteiger partial charge on any atom is -0.359 e. The lowest BCUT2D eigenvalue weighted by Gasteiger charge is -2.18. The third kappa shape index (κ3) is 4.06. The molecule has 2 unspecified atom stereocenters. The number of sulfone groups is 1. The van der Waals surface area contributed by atoms with Gasteiger partial charge in [0.2, 0.25) is 5.28 Å². The Kier molecular flexibility index (Phi) is 5.80. The van der Waals surface area contributed by atoms with Gasteiger partial charge in [0.1, 0.15) is 10.1 Å². The fraction of sp³-hybridized carbons (Fsp3) is 0.611. The Morgan fingerprint density at radius 2 is 2.10 bits per heavy atom. The Labute approximate surface area is 183 Å². The SMILES string of the molecule is CCS(=O)(=O)C1SC(CNc2nc3cnc(Cl)nc3n([C@@H](C)C3CC3)c2=O)=NC1C. The van der Waals surface area contributed by atoms with Crippen LogP contribution in [-0.2, 0) is 9.84 Å². The van der Waals surface area contributed by atoms with Gasteiger partial charge in [-0.15, -0.1) is 0 Å². The predicted molar refractivity (Wildman–Crippen MR) is 120 cm³/mol. The maximum Gasteiger partial charge on any atom is 0.295 e. The van der Waals surface area contributed by atoms with Gasteiger partial charge in [-0.25, -0.2) is 18.4 Å². The zero-order chi connectivity index (χ0) is 21.6. The number of nitrogens with zero attached hydrogens (tertiary/aromatic N) is 5. The Morgan fingerprint density at radius 3 is 2.77 bits per heavy atom. The van der Waals surface area contributed by atoms with E-state index < -0.39 is 14.4 Å². The maximum atomic E-state index is 13.2. The van der Waals surface area contributed by atoms with E-state index in [1.807, 2.05) is 6.92 Å². The van der Waals surface area contributed by atoms with E-state index in [1.165, 1.54) is 18.0 Å². The molecule has 2 aromatic rings. The van der Waals surface area contributed by atoms with E-state index in [2.05, 4.69) is 25.3 Å². The van der Waals surface area contributed by atoms with Crippen LogP contribution in [0.15, 0.2) is 16.0 Å². The van der Waals surface area contributed by atoms with Gasteiger partial charge < -0.3 is 5.32 Å². The van der Waals surface area contributed by atoms with Crippen molar-refractivity contribution < 1.29 is 8.42 Å². The summed E-state index contributed by atoms with van der Waals surface area (Å²) in [4.78, 5) is 30.3. The highest BCUT2D eigenvalue weighted by atomic mass is 35.5. The van der Waals surface area contributed by atoms with Crippen LogP contribution in [0.2, 0.25) is 5.28 Å². The lowest BCUT2D eigenvalue weighted by molar-refractivity contribution is 0.482. The summed E-state index contributed by atoms with van der Waals surface area (Å²) in [7, 11) is -3.21. The molecule has 12 heteroatoms. The zero-order valence-corrected chi connectivity index (χ0v) is 19.3. The molecule has 30 heavy (non-hydrogen) atoms. The second-order valence-corrected chi connectivity index (χ2v) is 11.9. The van der Waals surface area contributed by atoms with Crippen molar-refractivity contribution in [1.29, 1.82) is 0 Å². The molecular weight excluding hydrogens is 448 g/mol. The van der Waals surface area contributed by atoms with E-state index in [0.717, 1.165) is 12.8 Å². The second kappa shape index (κ2) is 8.08. The number of thioether (sulfide) groups is 1. The molecule has 9 nitrogen and oxygen atoms in total. The quantitative estimate of drug-likeness (QED) is 0.613. The molecule has 2 aromatic heterocycles. The highest BCUT2D eigenvalue weighted by Crippen LogP contribution is 2.39. The van der Waals surface area contributed by atoms with Crippen molar-refractivity contribution in [3.63, 3.8) is 0 Å². The molecular formula is C18H23ClN6O3S2.